The first-order chi connectivity index (χ1) is 7.91. The van der Waals surface area contributed by atoms with E-state index in [-0.39, 0.29) is 10.7 Å². The quantitative estimate of drug-likeness (QED) is 0.898. The molecule has 1 heterocycles. The molecule has 0 aliphatic heterocycles. The van der Waals surface area contributed by atoms with Gasteiger partial charge in [0.05, 0.1) is 16.9 Å². The highest BCUT2D eigenvalue weighted by Crippen LogP contribution is 2.25. The molecule has 0 saturated carbocycles. The third-order valence-electron chi connectivity index (χ3n) is 2.25. The number of aromatic nitrogens is 2. The van der Waals surface area contributed by atoms with E-state index in [1.165, 1.54) is 10.9 Å². The minimum absolute atomic E-state index is 0.00239. The highest BCUT2D eigenvalue weighted by atomic mass is 35.5. The topological polar surface area (TPSA) is 78.0 Å². The molecule has 0 atom stereocenters. The second kappa shape index (κ2) is 4.05. The van der Waals surface area contributed by atoms with Crippen LogP contribution in [0.3, 0.4) is 0 Å². The number of halogens is 1. The number of rotatable bonds is 2. The van der Waals surface area contributed by atoms with Crippen LogP contribution in [0, 0.1) is 0 Å². The summed E-state index contributed by atoms with van der Waals surface area (Å²) in [7, 11) is -3.38. The van der Waals surface area contributed by atoms with Crippen molar-refractivity contribution in [3.05, 3.63) is 35.5 Å². The van der Waals surface area contributed by atoms with Crippen LogP contribution in [0.4, 0.5) is 5.82 Å². The van der Waals surface area contributed by atoms with Crippen molar-refractivity contribution in [3.63, 3.8) is 0 Å². The summed E-state index contributed by atoms with van der Waals surface area (Å²) in [5, 5.41) is 4.39. The molecule has 0 radical (unpaired) electrons. The number of anilines is 1. The molecule has 0 amide bonds. The summed E-state index contributed by atoms with van der Waals surface area (Å²) < 4.78 is 24.1. The van der Waals surface area contributed by atoms with E-state index in [9.17, 15) is 8.42 Å². The Morgan fingerprint density at radius 3 is 2.53 bits per heavy atom. The third-order valence-corrected chi connectivity index (χ3v) is 3.68. The lowest BCUT2D eigenvalue weighted by Crippen LogP contribution is -2.05. The van der Waals surface area contributed by atoms with Crippen LogP contribution in [-0.4, -0.2) is 24.5 Å². The van der Waals surface area contributed by atoms with Gasteiger partial charge in [0.2, 0.25) is 0 Å². The Bertz CT molecular complexity index is 664. The normalized spacial score (nSPS) is 11.6. The molecule has 2 aromatic rings. The smallest absolute Gasteiger partial charge is 0.180 e. The molecule has 17 heavy (non-hydrogen) atoms. The van der Waals surface area contributed by atoms with Crippen LogP contribution in [0.25, 0.3) is 5.69 Å². The summed E-state index contributed by atoms with van der Waals surface area (Å²) in [5.41, 5.74) is 6.30. The van der Waals surface area contributed by atoms with Crippen molar-refractivity contribution in [1.29, 1.82) is 0 Å². The van der Waals surface area contributed by atoms with Gasteiger partial charge in [-0.05, 0) is 12.1 Å². The zero-order valence-corrected chi connectivity index (χ0v) is 10.5. The van der Waals surface area contributed by atoms with E-state index < -0.39 is 9.84 Å². The van der Waals surface area contributed by atoms with E-state index in [1.54, 1.807) is 24.3 Å². The zero-order valence-electron chi connectivity index (χ0n) is 8.96. The SMILES string of the molecule is CS(=O)(=O)c1cnn(-c2ccccc2Cl)c1N. The van der Waals surface area contributed by atoms with Gasteiger partial charge in [-0.2, -0.15) is 5.10 Å². The first-order valence-electron chi connectivity index (χ1n) is 4.69. The first kappa shape index (κ1) is 11.9. The molecule has 0 spiro atoms. The molecule has 2 rings (SSSR count). The predicted molar refractivity (Wildman–Crippen MR) is 66.1 cm³/mol. The summed E-state index contributed by atoms with van der Waals surface area (Å²) in [6.07, 6.45) is 2.30. The summed E-state index contributed by atoms with van der Waals surface area (Å²) in [6.45, 7) is 0. The maximum absolute atomic E-state index is 11.4. The lowest BCUT2D eigenvalue weighted by Gasteiger charge is -2.06. The number of nitrogens with two attached hydrogens (primary N) is 1. The lowest BCUT2D eigenvalue weighted by atomic mass is 10.3. The molecule has 7 heteroatoms. The number of hydrogen-bond acceptors (Lipinski definition) is 4. The number of sulfone groups is 1. The lowest BCUT2D eigenvalue weighted by molar-refractivity contribution is 0.602. The first-order valence-corrected chi connectivity index (χ1v) is 6.96. The van der Waals surface area contributed by atoms with Crippen molar-refractivity contribution in [2.75, 3.05) is 12.0 Å². The summed E-state index contributed by atoms with van der Waals surface area (Å²) in [5.74, 6) is 0.0561. The molecule has 0 unspecified atom stereocenters. The summed E-state index contributed by atoms with van der Waals surface area (Å²) >= 11 is 5.99. The fourth-order valence-electron chi connectivity index (χ4n) is 1.44. The molecule has 0 aliphatic rings. The van der Waals surface area contributed by atoms with E-state index >= 15 is 0 Å². The van der Waals surface area contributed by atoms with Crippen molar-refractivity contribution in [2.45, 2.75) is 4.90 Å². The van der Waals surface area contributed by atoms with Crippen molar-refractivity contribution in [3.8, 4) is 5.69 Å². The summed E-state index contributed by atoms with van der Waals surface area (Å²) in [4.78, 5) is -0.00239. The van der Waals surface area contributed by atoms with Gasteiger partial charge in [0.15, 0.2) is 9.84 Å². The second-order valence-electron chi connectivity index (χ2n) is 3.53. The van der Waals surface area contributed by atoms with Crippen LogP contribution in [0.15, 0.2) is 35.4 Å². The van der Waals surface area contributed by atoms with Crippen LogP contribution < -0.4 is 5.73 Å². The molecule has 2 N–H and O–H groups in total. The number of hydrogen-bond donors (Lipinski definition) is 1. The third kappa shape index (κ3) is 2.13. The summed E-state index contributed by atoms with van der Waals surface area (Å²) in [6, 6.07) is 6.92. The van der Waals surface area contributed by atoms with Crippen LogP contribution in [0.5, 0.6) is 0 Å². The van der Waals surface area contributed by atoms with Gasteiger partial charge in [-0.15, -0.1) is 0 Å². The average Bonchev–Trinajstić information content (AvgIpc) is 2.60. The Morgan fingerprint density at radius 1 is 1.35 bits per heavy atom. The zero-order chi connectivity index (χ0) is 12.6. The van der Waals surface area contributed by atoms with E-state index in [2.05, 4.69) is 5.10 Å². The van der Waals surface area contributed by atoms with Crippen LogP contribution in [0.1, 0.15) is 0 Å². The molecule has 5 nitrogen and oxygen atoms in total. The Hall–Kier alpha value is -1.53. The largest absolute Gasteiger partial charge is 0.382 e. The van der Waals surface area contributed by atoms with Gasteiger partial charge in [0.1, 0.15) is 10.7 Å². The Morgan fingerprint density at radius 2 is 2.00 bits per heavy atom. The van der Waals surface area contributed by atoms with Crippen molar-refractivity contribution >= 4 is 27.3 Å². The maximum Gasteiger partial charge on any atom is 0.180 e. The predicted octanol–water partition coefficient (Wildman–Crippen LogP) is 1.51. The molecule has 1 aromatic heterocycles. The van der Waals surface area contributed by atoms with Crippen LogP contribution in [0.2, 0.25) is 5.02 Å². The highest BCUT2D eigenvalue weighted by molar-refractivity contribution is 7.90. The molecule has 0 bridgehead atoms. The fourth-order valence-corrected chi connectivity index (χ4v) is 2.36. The van der Waals surface area contributed by atoms with E-state index in [0.29, 0.717) is 10.7 Å². The van der Waals surface area contributed by atoms with E-state index in [1.807, 2.05) is 0 Å². The minimum atomic E-state index is -3.38. The minimum Gasteiger partial charge on any atom is -0.382 e. The monoisotopic (exact) mass is 271 g/mol. The maximum atomic E-state index is 11.4. The standard InChI is InChI=1S/C10H10ClN3O2S/c1-17(15,16)9-6-13-14(10(9)12)8-5-3-2-4-7(8)11/h2-6H,12H2,1H3. The van der Waals surface area contributed by atoms with Gasteiger partial charge in [-0.3, -0.25) is 0 Å². The van der Waals surface area contributed by atoms with Gasteiger partial charge >= 0.3 is 0 Å². The Kier molecular flexibility index (Phi) is 2.84. The average molecular weight is 272 g/mol. The van der Waals surface area contributed by atoms with E-state index in [4.69, 9.17) is 17.3 Å². The van der Waals surface area contributed by atoms with E-state index in [0.717, 1.165) is 6.26 Å². The molecule has 1 aromatic carbocycles. The van der Waals surface area contributed by atoms with Crippen molar-refractivity contribution in [2.24, 2.45) is 0 Å². The van der Waals surface area contributed by atoms with Gasteiger partial charge in [0, 0.05) is 6.26 Å². The molecule has 90 valence electrons. The second-order valence-corrected chi connectivity index (χ2v) is 5.92. The van der Waals surface area contributed by atoms with Gasteiger partial charge in [-0.1, -0.05) is 23.7 Å². The highest BCUT2D eigenvalue weighted by Gasteiger charge is 2.18. The van der Waals surface area contributed by atoms with Gasteiger partial charge in [0.25, 0.3) is 0 Å². The number of benzene rings is 1. The molecular weight excluding hydrogens is 262 g/mol. The number of nitrogens with zero attached hydrogens (tertiary/aromatic N) is 2. The van der Waals surface area contributed by atoms with Gasteiger partial charge < -0.3 is 5.73 Å². The molecule has 0 aliphatic carbocycles. The van der Waals surface area contributed by atoms with Crippen molar-refractivity contribution < 1.29 is 8.42 Å². The number of para-hydroxylation sites is 1. The molecule has 0 fully saturated rings. The Labute approximate surface area is 104 Å². The molecule has 0 saturated heterocycles. The fraction of sp³-hybridized carbons (Fsp3) is 0.100. The van der Waals surface area contributed by atoms with Crippen LogP contribution in [-0.2, 0) is 9.84 Å². The van der Waals surface area contributed by atoms with Crippen molar-refractivity contribution in [1.82, 2.24) is 9.78 Å². The van der Waals surface area contributed by atoms with Gasteiger partial charge in [-0.25, -0.2) is 13.1 Å². The molecular formula is C10H10ClN3O2S. The number of nitrogen functional groups attached to an aromatic ring is 1. The van der Waals surface area contributed by atoms with Crippen LogP contribution >= 0.6 is 11.6 Å². The Balaban J connectivity index is 2.64.